The molecule has 0 aliphatic heterocycles. The van der Waals surface area contributed by atoms with E-state index in [0.717, 1.165) is 11.4 Å². The molecule has 0 amide bonds. The van der Waals surface area contributed by atoms with Gasteiger partial charge < -0.3 is 9.32 Å². The lowest BCUT2D eigenvalue weighted by Crippen LogP contribution is -2.22. The number of nitriles is 1. The van der Waals surface area contributed by atoms with Crippen molar-refractivity contribution < 1.29 is 4.42 Å². The van der Waals surface area contributed by atoms with E-state index in [1.807, 2.05) is 47.4 Å². The zero-order valence-corrected chi connectivity index (χ0v) is 8.84. The molecule has 0 saturated carbocycles. The predicted molar refractivity (Wildman–Crippen MR) is 61.8 cm³/mol. The van der Waals surface area contributed by atoms with Crippen molar-refractivity contribution in [3.8, 4) is 6.07 Å². The van der Waals surface area contributed by atoms with Gasteiger partial charge in [-0.3, -0.25) is 0 Å². The van der Waals surface area contributed by atoms with Gasteiger partial charge in [0.2, 0.25) is 0 Å². The number of hydrogen-bond donors (Lipinski definition) is 0. The van der Waals surface area contributed by atoms with Crippen LogP contribution >= 0.6 is 0 Å². The van der Waals surface area contributed by atoms with Crippen LogP contribution in [-0.4, -0.2) is 6.54 Å². The summed E-state index contributed by atoms with van der Waals surface area (Å²) in [6.07, 6.45) is 1.62. The average Bonchev–Trinajstić information content (AvgIpc) is 2.83. The van der Waals surface area contributed by atoms with Gasteiger partial charge in [-0.05, 0) is 11.6 Å². The molecular weight excluding hydrogens is 200 g/mol. The quantitative estimate of drug-likeness (QED) is 0.731. The van der Waals surface area contributed by atoms with Gasteiger partial charge in [0, 0.05) is 12.6 Å². The van der Waals surface area contributed by atoms with Crippen LogP contribution < -0.4 is 4.90 Å². The van der Waals surface area contributed by atoms with E-state index in [1.165, 1.54) is 0 Å². The minimum atomic E-state index is 0.322. The van der Waals surface area contributed by atoms with E-state index < -0.39 is 0 Å². The van der Waals surface area contributed by atoms with Gasteiger partial charge in [-0.25, -0.2) is 0 Å². The molecule has 0 bridgehead atoms. The molecule has 0 aliphatic carbocycles. The Balaban J connectivity index is 2.13. The highest BCUT2D eigenvalue weighted by Crippen LogP contribution is 2.16. The first-order valence-corrected chi connectivity index (χ1v) is 5.09. The fourth-order valence-corrected chi connectivity index (χ4v) is 1.55. The zero-order chi connectivity index (χ0) is 11.2. The largest absolute Gasteiger partial charge is 0.449 e. The van der Waals surface area contributed by atoms with E-state index >= 15 is 0 Å². The Labute approximate surface area is 94.5 Å². The summed E-state index contributed by atoms with van der Waals surface area (Å²) in [5.41, 5.74) is 1.16. The Morgan fingerprint density at radius 1 is 1.12 bits per heavy atom. The molecule has 0 N–H and O–H groups in total. The minimum absolute atomic E-state index is 0.322. The van der Waals surface area contributed by atoms with Crippen LogP contribution in [0, 0.1) is 11.3 Å². The second-order valence-corrected chi connectivity index (χ2v) is 3.45. The van der Waals surface area contributed by atoms with Gasteiger partial charge in [0.15, 0.2) is 5.88 Å². The normalized spacial score (nSPS) is 9.69. The van der Waals surface area contributed by atoms with Crippen molar-refractivity contribution in [2.45, 2.75) is 6.54 Å². The topological polar surface area (TPSA) is 40.2 Å². The molecule has 2 rings (SSSR count). The maximum Gasteiger partial charge on any atom is 0.196 e. The van der Waals surface area contributed by atoms with Crippen molar-refractivity contribution in [3.05, 3.63) is 54.3 Å². The van der Waals surface area contributed by atoms with Crippen molar-refractivity contribution in [1.29, 1.82) is 5.26 Å². The van der Waals surface area contributed by atoms with Crippen molar-refractivity contribution in [2.24, 2.45) is 0 Å². The monoisotopic (exact) mass is 212 g/mol. The van der Waals surface area contributed by atoms with Crippen LogP contribution in [0.3, 0.4) is 0 Å². The molecule has 3 heteroatoms. The standard InChI is InChI=1S/C13H12N2O/c14-8-9-15(13-7-4-10-16-13)11-12-5-2-1-3-6-12/h1-7,10H,9,11H2. The molecule has 3 nitrogen and oxygen atoms in total. The highest BCUT2D eigenvalue weighted by atomic mass is 16.3. The SMILES string of the molecule is N#CCN(Cc1ccccc1)c1ccco1. The summed E-state index contributed by atoms with van der Waals surface area (Å²) >= 11 is 0. The second kappa shape index (κ2) is 5.04. The van der Waals surface area contributed by atoms with Crippen LogP contribution in [0.5, 0.6) is 0 Å². The Bertz CT molecular complexity index is 456. The van der Waals surface area contributed by atoms with E-state index in [4.69, 9.17) is 9.68 Å². The molecular formula is C13H12N2O. The van der Waals surface area contributed by atoms with Crippen molar-refractivity contribution >= 4 is 5.88 Å². The molecule has 0 fully saturated rings. The fraction of sp³-hybridized carbons (Fsp3) is 0.154. The summed E-state index contributed by atoms with van der Waals surface area (Å²) < 4.78 is 5.30. The van der Waals surface area contributed by atoms with E-state index in [0.29, 0.717) is 13.1 Å². The Morgan fingerprint density at radius 3 is 2.56 bits per heavy atom. The highest BCUT2D eigenvalue weighted by Gasteiger charge is 2.08. The number of benzene rings is 1. The smallest absolute Gasteiger partial charge is 0.196 e. The molecule has 1 heterocycles. The van der Waals surface area contributed by atoms with Crippen LogP contribution in [0.1, 0.15) is 5.56 Å². The van der Waals surface area contributed by atoms with Crippen LogP contribution in [-0.2, 0) is 6.54 Å². The molecule has 80 valence electrons. The zero-order valence-electron chi connectivity index (χ0n) is 8.84. The van der Waals surface area contributed by atoms with Crippen LogP contribution in [0.2, 0.25) is 0 Å². The lowest BCUT2D eigenvalue weighted by molar-refractivity contribution is 0.549. The van der Waals surface area contributed by atoms with Gasteiger partial charge in [0.05, 0.1) is 12.3 Å². The van der Waals surface area contributed by atoms with Crippen molar-refractivity contribution in [1.82, 2.24) is 0 Å². The Kier molecular flexibility index (Phi) is 3.25. The van der Waals surface area contributed by atoms with Crippen molar-refractivity contribution in [2.75, 3.05) is 11.4 Å². The first-order valence-electron chi connectivity index (χ1n) is 5.09. The molecule has 0 atom stereocenters. The number of nitrogens with zero attached hydrogens (tertiary/aromatic N) is 2. The van der Waals surface area contributed by atoms with Gasteiger partial charge in [-0.1, -0.05) is 30.3 Å². The molecule has 1 aromatic heterocycles. The molecule has 0 radical (unpaired) electrons. The number of hydrogen-bond acceptors (Lipinski definition) is 3. The molecule has 0 spiro atoms. The third-order valence-electron chi connectivity index (χ3n) is 2.30. The van der Waals surface area contributed by atoms with Crippen LogP contribution in [0.4, 0.5) is 5.88 Å². The second-order valence-electron chi connectivity index (χ2n) is 3.45. The third kappa shape index (κ3) is 2.43. The Hall–Kier alpha value is -2.21. The number of anilines is 1. The molecule has 2 aromatic rings. The molecule has 0 unspecified atom stereocenters. The van der Waals surface area contributed by atoms with Gasteiger partial charge in [0.25, 0.3) is 0 Å². The lowest BCUT2D eigenvalue weighted by atomic mass is 10.2. The maximum absolute atomic E-state index is 8.78. The average molecular weight is 212 g/mol. The van der Waals surface area contributed by atoms with Gasteiger partial charge >= 0.3 is 0 Å². The summed E-state index contributed by atoms with van der Waals surface area (Å²) in [6, 6.07) is 15.9. The summed E-state index contributed by atoms with van der Waals surface area (Å²) in [5, 5.41) is 8.78. The first-order chi connectivity index (χ1) is 7.90. The van der Waals surface area contributed by atoms with E-state index in [9.17, 15) is 0 Å². The van der Waals surface area contributed by atoms with Gasteiger partial charge in [-0.15, -0.1) is 0 Å². The fourth-order valence-electron chi connectivity index (χ4n) is 1.55. The van der Waals surface area contributed by atoms with E-state index in [1.54, 1.807) is 6.26 Å². The highest BCUT2D eigenvalue weighted by molar-refractivity contribution is 5.37. The van der Waals surface area contributed by atoms with Crippen molar-refractivity contribution in [3.63, 3.8) is 0 Å². The van der Waals surface area contributed by atoms with Gasteiger partial charge in [0.1, 0.15) is 6.54 Å². The maximum atomic E-state index is 8.78. The van der Waals surface area contributed by atoms with Crippen LogP contribution in [0.25, 0.3) is 0 Å². The summed E-state index contributed by atoms with van der Waals surface area (Å²) in [6.45, 7) is 1.00. The van der Waals surface area contributed by atoms with E-state index in [2.05, 4.69) is 6.07 Å². The molecule has 16 heavy (non-hydrogen) atoms. The van der Waals surface area contributed by atoms with Crippen LogP contribution in [0.15, 0.2) is 53.1 Å². The number of rotatable bonds is 4. The first kappa shape index (κ1) is 10.3. The summed E-state index contributed by atoms with van der Waals surface area (Å²) in [5.74, 6) is 0.727. The minimum Gasteiger partial charge on any atom is -0.449 e. The number of furan rings is 1. The molecule has 1 aromatic carbocycles. The van der Waals surface area contributed by atoms with E-state index in [-0.39, 0.29) is 0 Å². The lowest BCUT2D eigenvalue weighted by Gasteiger charge is -2.18. The van der Waals surface area contributed by atoms with Gasteiger partial charge in [-0.2, -0.15) is 5.26 Å². The third-order valence-corrected chi connectivity index (χ3v) is 2.30. The summed E-state index contributed by atoms with van der Waals surface area (Å²) in [7, 11) is 0. The summed E-state index contributed by atoms with van der Waals surface area (Å²) in [4.78, 5) is 1.90. The molecule has 0 aliphatic rings. The predicted octanol–water partition coefficient (Wildman–Crippen LogP) is 2.81. The molecule has 0 saturated heterocycles. The Morgan fingerprint density at radius 2 is 1.94 bits per heavy atom.